The van der Waals surface area contributed by atoms with Gasteiger partial charge in [0, 0.05) is 18.4 Å². The van der Waals surface area contributed by atoms with Gasteiger partial charge in [0.25, 0.3) is 0 Å². The second kappa shape index (κ2) is 14.4. The molecule has 1 saturated heterocycles. The van der Waals surface area contributed by atoms with Gasteiger partial charge in [-0.25, -0.2) is 14.1 Å². The number of Topliss-reactive ketones (excluding diaryl/α,β-unsaturated/α-hetero) is 1. The highest BCUT2D eigenvalue weighted by molar-refractivity contribution is 5.96. The van der Waals surface area contributed by atoms with Gasteiger partial charge in [-0.1, -0.05) is 18.2 Å². The average molecular weight is 377 g/mol. The van der Waals surface area contributed by atoms with Crippen LogP contribution in [0.15, 0.2) is 49.1 Å². The molecule has 1 aromatic rings. The van der Waals surface area contributed by atoms with E-state index >= 15 is 0 Å². The van der Waals surface area contributed by atoms with Crippen LogP contribution in [0.1, 0.15) is 50.4 Å². The fourth-order valence-corrected chi connectivity index (χ4v) is 1.94. The SMILES string of the molecule is C/C=C\C.C=CC.O=C(CCCC(=O)N1CCOC1=O)c1ccc(F)cc1. The van der Waals surface area contributed by atoms with E-state index in [0.717, 1.165) is 4.90 Å². The quantitative estimate of drug-likeness (QED) is 0.539. The molecule has 2 amide bonds. The van der Waals surface area contributed by atoms with Crippen molar-refractivity contribution in [1.82, 2.24) is 4.90 Å². The van der Waals surface area contributed by atoms with Crippen molar-refractivity contribution < 1.29 is 23.5 Å². The maximum atomic E-state index is 12.7. The summed E-state index contributed by atoms with van der Waals surface area (Å²) in [7, 11) is 0. The number of halogens is 1. The van der Waals surface area contributed by atoms with E-state index in [1.165, 1.54) is 24.3 Å². The maximum Gasteiger partial charge on any atom is 0.416 e. The molecule has 0 bridgehead atoms. The fraction of sp³-hybridized carbons (Fsp3) is 0.381. The zero-order valence-corrected chi connectivity index (χ0v) is 16.2. The van der Waals surface area contributed by atoms with E-state index in [4.69, 9.17) is 0 Å². The van der Waals surface area contributed by atoms with Gasteiger partial charge in [0.1, 0.15) is 12.4 Å². The first kappa shape index (κ1) is 24.2. The van der Waals surface area contributed by atoms with Crippen molar-refractivity contribution in [2.24, 2.45) is 0 Å². The number of imide groups is 1. The lowest BCUT2D eigenvalue weighted by atomic mass is 10.1. The molecule has 1 heterocycles. The number of ketones is 1. The van der Waals surface area contributed by atoms with E-state index in [1.807, 2.05) is 32.9 Å². The minimum Gasteiger partial charge on any atom is -0.447 e. The van der Waals surface area contributed by atoms with Crippen molar-refractivity contribution in [1.29, 1.82) is 0 Å². The number of amides is 2. The van der Waals surface area contributed by atoms with Crippen molar-refractivity contribution in [3.8, 4) is 0 Å². The lowest BCUT2D eigenvalue weighted by Crippen LogP contribution is -2.31. The highest BCUT2D eigenvalue weighted by atomic mass is 19.1. The van der Waals surface area contributed by atoms with Crippen LogP contribution in [0.5, 0.6) is 0 Å². The van der Waals surface area contributed by atoms with Gasteiger partial charge >= 0.3 is 6.09 Å². The van der Waals surface area contributed by atoms with Gasteiger partial charge in [-0.05, 0) is 51.5 Å². The predicted octanol–water partition coefficient (Wildman–Crippen LogP) is 4.93. The van der Waals surface area contributed by atoms with Crippen LogP contribution >= 0.6 is 0 Å². The number of nitrogens with zero attached hydrogens (tertiary/aromatic N) is 1. The number of benzene rings is 1. The minimum absolute atomic E-state index is 0.113. The van der Waals surface area contributed by atoms with Gasteiger partial charge < -0.3 is 4.74 Å². The zero-order chi connectivity index (χ0) is 20.7. The average Bonchev–Trinajstić information content (AvgIpc) is 3.09. The molecule has 0 unspecified atom stereocenters. The molecule has 5 nitrogen and oxygen atoms in total. The molecule has 27 heavy (non-hydrogen) atoms. The Hall–Kier alpha value is -2.76. The lowest BCUT2D eigenvalue weighted by molar-refractivity contribution is -0.127. The van der Waals surface area contributed by atoms with Crippen LogP contribution in [0.4, 0.5) is 9.18 Å². The summed E-state index contributed by atoms with van der Waals surface area (Å²) < 4.78 is 17.4. The molecule has 0 atom stereocenters. The number of hydrogen-bond donors (Lipinski definition) is 0. The van der Waals surface area contributed by atoms with Crippen LogP contribution in [0.25, 0.3) is 0 Å². The Bertz CT molecular complexity index is 634. The van der Waals surface area contributed by atoms with Crippen molar-refractivity contribution in [2.75, 3.05) is 13.2 Å². The Labute approximate surface area is 160 Å². The Morgan fingerprint density at radius 1 is 1.15 bits per heavy atom. The first-order valence-corrected chi connectivity index (χ1v) is 8.81. The molecule has 0 aliphatic carbocycles. The van der Waals surface area contributed by atoms with Crippen molar-refractivity contribution in [3.05, 3.63) is 60.5 Å². The number of cyclic esters (lactones) is 1. The van der Waals surface area contributed by atoms with Crippen LogP contribution in [-0.2, 0) is 9.53 Å². The molecule has 6 heteroatoms. The first-order valence-electron chi connectivity index (χ1n) is 8.81. The third kappa shape index (κ3) is 10.1. The van der Waals surface area contributed by atoms with Gasteiger partial charge in [-0.15, -0.1) is 6.58 Å². The molecule has 1 aromatic carbocycles. The van der Waals surface area contributed by atoms with Gasteiger partial charge in [-0.3, -0.25) is 9.59 Å². The summed E-state index contributed by atoms with van der Waals surface area (Å²) in [6, 6.07) is 5.27. The zero-order valence-electron chi connectivity index (χ0n) is 16.2. The Kier molecular flexibility index (Phi) is 12.9. The molecule has 0 radical (unpaired) electrons. The second-order valence-electron chi connectivity index (χ2n) is 5.52. The number of carbonyl (C=O) groups excluding carboxylic acids is 3. The summed E-state index contributed by atoms with van der Waals surface area (Å²) in [5.74, 6) is -0.884. The van der Waals surface area contributed by atoms with E-state index < -0.39 is 11.9 Å². The van der Waals surface area contributed by atoms with Crippen molar-refractivity contribution in [2.45, 2.75) is 40.0 Å². The summed E-state index contributed by atoms with van der Waals surface area (Å²) in [5.41, 5.74) is 0.416. The number of ether oxygens (including phenoxy) is 1. The highest BCUT2D eigenvalue weighted by Gasteiger charge is 2.27. The first-order chi connectivity index (χ1) is 12.9. The van der Waals surface area contributed by atoms with Crippen LogP contribution in [0.2, 0.25) is 0 Å². The van der Waals surface area contributed by atoms with Crippen LogP contribution in [-0.4, -0.2) is 35.8 Å². The smallest absolute Gasteiger partial charge is 0.416 e. The maximum absolute atomic E-state index is 12.7. The topological polar surface area (TPSA) is 63.7 Å². The molecule has 2 rings (SSSR count). The van der Waals surface area contributed by atoms with Crippen LogP contribution in [0, 0.1) is 5.82 Å². The summed E-state index contributed by atoms with van der Waals surface area (Å²) in [6.45, 7) is 9.74. The van der Waals surface area contributed by atoms with Crippen molar-refractivity contribution >= 4 is 17.8 Å². The fourth-order valence-electron chi connectivity index (χ4n) is 1.94. The van der Waals surface area contributed by atoms with E-state index in [2.05, 4.69) is 11.3 Å². The van der Waals surface area contributed by atoms with E-state index in [9.17, 15) is 18.8 Å². The monoisotopic (exact) mass is 377 g/mol. The molecule has 0 aromatic heterocycles. The molecule has 1 fully saturated rings. The number of carbonyl (C=O) groups is 3. The molecule has 0 N–H and O–H groups in total. The molecular weight excluding hydrogens is 349 g/mol. The lowest BCUT2D eigenvalue weighted by Gasteiger charge is -2.09. The molecule has 148 valence electrons. The van der Waals surface area contributed by atoms with Gasteiger partial charge in [0.05, 0.1) is 6.54 Å². The van der Waals surface area contributed by atoms with Crippen molar-refractivity contribution in [3.63, 3.8) is 0 Å². The number of hydrogen-bond acceptors (Lipinski definition) is 4. The number of rotatable bonds is 5. The molecule has 1 aliphatic heterocycles. The van der Waals surface area contributed by atoms with Gasteiger partial charge in [0.15, 0.2) is 5.78 Å². The van der Waals surface area contributed by atoms with Gasteiger partial charge in [-0.2, -0.15) is 0 Å². The largest absolute Gasteiger partial charge is 0.447 e. The minimum atomic E-state index is -0.625. The molecule has 0 saturated carbocycles. The van der Waals surface area contributed by atoms with Crippen LogP contribution in [0.3, 0.4) is 0 Å². The van der Waals surface area contributed by atoms with E-state index in [0.29, 0.717) is 12.0 Å². The third-order valence-electron chi connectivity index (χ3n) is 3.36. The van der Waals surface area contributed by atoms with Crippen LogP contribution < -0.4 is 0 Å². The second-order valence-corrected chi connectivity index (χ2v) is 5.52. The predicted molar refractivity (Wildman–Crippen MR) is 104 cm³/mol. The van der Waals surface area contributed by atoms with E-state index in [-0.39, 0.29) is 37.7 Å². The standard InChI is InChI=1S/C14H14FNO4.C4H8.C3H6/c15-11-6-4-10(5-7-11)12(17)2-1-3-13(18)16-8-9-20-14(16)19;1-3-4-2;1-3-2/h4-7H,1-3,8-9H2;3-4H,1-2H3;3H,1H2,2H3/b;4-3-;. The highest BCUT2D eigenvalue weighted by Crippen LogP contribution is 2.11. The Balaban J connectivity index is 0.000000836. The Morgan fingerprint density at radius 2 is 1.70 bits per heavy atom. The molecule has 0 spiro atoms. The number of allylic oxidation sites excluding steroid dienone is 3. The van der Waals surface area contributed by atoms with E-state index in [1.54, 1.807) is 6.08 Å². The third-order valence-corrected chi connectivity index (χ3v) is 3.36. The molecular formula is C21H28FNO4. The summed E-state index contributed by atoms with van der Waals surface area (Å²) in [6.07, 6.45) is 5.76. The summed E-state index contributed by atoms with van der Waals surface area (Å²) >= 11 is 0. The molecule has 1 aliphatic rings. The normalized spacial score (nSPS) is 12.4. The summed E-state index contributed by atoms with van der Waals surface area (Å²) in [4.78, 5) is 35.7. The summed E-state index contributed by atoms with van der Waals surface area (Å²) in [5, 5.41) is 0. The van der Waals surface area contributed by atoms with Gasteiger partial charge in [0.2, 0.25) is 5.91 Å². The Morgan fingerprint density at radius 3 is 2.15 bits per heavy atom.